The van der Waals surface area contributed by atoms with Crippen molar-refractivity contribution < 1.29 is 18.8 Å². The molecule has 0 spiro atoms. The Bertz CT molecular complexity index is 1170. The molecule has 4 rings (SSSR count). The molecular formula is C22H15ClFN3O3. The second kappa shape index (κ2) is 7.96. The molecule has 1 fully saturated rings. The Balaban J connectivity index is 1.66. The van der Waals surface area contributed by atoms with E-state index in [-0.39, 0.29) is 11.3 Å². The van der Waals surface area contributed by atoms with Gasteiger partial charge in [0.25, 0.3) is 11.8 Å². The zero-order chi connectivity index (χ0) is 21.3. The molecule has 3 aromatic rings. The number of nitrogens with zero attached hydrogens (tertiary/aromatic N) is 2. The van der Waals surface area contributed by atoms with Gasteiger partial charge in [0.15, 0.2) is 0 Å². The number of hydrogen-bond donors (Lipinski definition) is 1. The predicted molar refractivity (Wildman–Crippen MR) is 110 cm³/mol. The van der Waals surface area contributed by atoms with Gasteiger partial charge >= 0.3 is 6.03 Å². The molecular weight excluding hydrogens is 409 g/mol. The number of imide groups is 2. The van der Waals surface area contributed by atoms with Gasteiger partial charge in [-0.25, -0.2) is 14.1 Å². The van der Waals surface area contributed by atoms with Gasteiger partial charge in [-0.2, -0.15) is 0 Å². The Morgan fingerprint density at radius 3 is 2.37 bits per heavy atom. The van der Waals surface area contributed by atoms with Gasteiger partial charge in [-0.1, -0.05) is 23.7 Å². The molecule has 1 saturated heterocycles. The first-order valence-corrected chi connectivity index (χ1v) is 9.37. The van der Waals surface area contributed by atoms with Crippen LogP contribution in [0.4, 0.5) is 14.9 Å². The minimum Gasteiger partial charge on any atom is -0.344 e. The number of benzene rings is 2. The Morgan fingerprint density at radius 2 is 1.67 bits per heavy atom. The molecule has 1 aliphatic heterocycles. The number of halogens is 2. The highest BCUT2D eigenvalue weighted by atomic mass is 35.5. The maximum atomic E-state index is 13.2. The van der Waals surface area contributed by atoms with E-state index >= 15 is 0 Å². The number of rotatable bonds is 4. The molecule has 4 amide bonds. The molecule has 1 aromatic heterocycles. The van der Waals surface area contributed by atoms with Crippen LogP contribution < -0.4 is 10.2 Å². The van der Waals surface area contributed by atoms with Crippen LogP contribution in [-0.4, -0.2) is 22.4 Å². The monoisotopic (exact) mass is 423 g/mol. The molecule has 1 N–H and O–H groups in total. The number of hydrogen-bond acceptors (Lipinski definition) is 3. The van der Waals surface area contributed by atoms with Gasteiger partial charge in [-0.05, 0) is 60.2 Å². The molecule has 0 bridgehead atoms. The summed E-state index contributed by atoms with van der Waals surface area (Å²) >= 11 is 5.92. The summed E-state index contributed by atoms with van der Waals surface area (Å²) < 4.78 is 15.1. The summed E-state index contributed by atoms with van der Waals surface area (Å²) in [6, 6.07) is 14.8. The SMILES string of the molecule is O=C1NC(=O)N(c2ccc(F)cc2)C(=O)/C1=C/c1cccn1Cc1ccc(Cl)cc1. The largest absolute Gasteiger partial charge is 0.344 e. The number of nitrogens with one attached hydrogen (secondary N) is 1. The van der Waals surface area contributed by atoms with Crippen molar-refractivity contribution in [3.05, 3.63) is 94.5 Å². The van der Waals surface area contributed by atoms with E-state index in [1.807, 2.05) is 22.9 Å². The maximum absolute atomic E-state index is 13.2. The Labute approximate surface area is 176 Å². The van der Waals surface area contributed by atoms with Gasteiger partial charge in [-0.15, -0.1) is 0 Å². The van der Waals surface area contributed by atoms with E-state index in [1.165, 1.54) is 18.2 Å². The summed E-state index contributed by atoms with van der Waals surface area (Å²) in [5.74, 6) is -2.08. The lowest BCUT2D eigenvalue weighted by Gasteiger charge is -2.26. The molecule has 2 heterocycles. The zero-order valence-corrected chi connectivity index (χ0v) is 16.3. The third-order valence-corrected chi connectivity index (χ3v) is 4.86. The fourth-order valence-corrected chi connectivity index (χ4v) is 3.24. The van der Waals surface area contributed by atoms with E-state index in [2.05, 4.69) is 5.32 Å². The molecule has 1 aliphatic rings. The van der Waals surface area contributed by atoms with Crippen molar-refractivity contribution in [3.8, 4) is 0 Å². The zero-order valence-electron chi connectivity index (χ0n) is 15.5. The van der Waals surface area contributed by atoms with E-state index in [4.69, 9.17) is 11.6 Å². The van der Waals surface area contributed by atoms with Gasteiger partial charge in [0.05, 0.1) is 5.69 Å². The minimum absolute atomic E-state index is 0.161. The molecule has 0 saturated carbocycles. The molecule has 6 nitrogen and oxygen atoms in total. The summed E-state index contributed by atoms with van der Waals surface area (Å²) in [4.78, 5) is 38.3. The van der Waals surface area contributed by atoms with Crippen molar-refractivity contribution in [1.29, 1.82) is 0 Å². The van der Waals surface area contributed by atoms with Crippen molar-refractivity contribution >= 4 is 41.2 Å². The first-order valence-electron chi connectivity index (χ1n) is 8.99. The lowest BCUT2D eigenvalue weighted by molar-refractivity contribution is -0.122. The number of carbonyl (C=O) groups is 3. The van der Waals surface area contributed by atoms with Crippen LogP contribution in [0.25, 0.3) is 6.08 Å². The second-order valence-electron chi connectivity index (χ2n) is 6.62. The Hall–Kier alpha value is -3.71. The van der Waals surface area contributed by atoms with Crippen molar-refractivity contribution in [2.24, 2.45) is 0 Å². The van der Waals surface area contributed by atoms with Crippen LogP contribution in [0.5, 0.6) is 0 Å². The van der Waals surface area contributed by atoms with Gasteiger partial charge in [-0.3, -0.25) is 14.9 Å². The fourth-order valence-electron chi connectivity index (χ4n) is 3.12. The lowest BCUT2D eigenvalue weighted by Crippen LogP contribution is -2.54. The van der Waals surface area contributed by atoms with Crippen LogP contribution in [0.2, 0.25) is 5.02 Å². The third kappa shape index (κ3) is 3.88. The average Bonchev–Trinajstić information content (AvgIpc) is 3.15. The Morgan fingerprint density at radius 1 is 0.967 bits per heavy atom. The normalized spacial score (nSPS) is 15.6. The van der Waals surface area contributed by atoms with E-state index in [0.717, 1.165) is 22.6 Å². The number of carbonyl (C=O) groups excluding carboxylic acids is 3. The molecule has 30 heavy (non-hydrogen) atoms. The van der Waals surface area contributed by atoms with Crippen LogP contribution in [-0.2, 0) is 16.1 Å². The first kappa shape index (κ1) is 19.6. The van der Waals surface area contributed by atoms with Crippen molar-refractivity contribution in [1.82, 2.24) is 9.88 Å². The van der Waals surface area contributed by atoms with Crippen LogP contribution in [0, 0.1) is 5.82 Å². The maximum Gasteiger partial charge on any atom is 0.335 e. The van der Waals surface area contributed by atoms with E-state index in [0.29, 0.717) is 17.3 Å². The van der Waals surface area contributed by atoms with Gasteiger partial charge in [0, 0.05) is 23.5 Å². The summed E-state index contributed by atoms with van der Waals surface area (Å²) in [7, 11) is 0. The Kier molecular flexibility index (Phi) is 5.20. The number of aromatic nitrogens is 1. The van der Waals surface area contributed by atoms with Crippen LogP contribution >= 0.6 is 11.6 Å². The molecule has 150 valence electrons. The summed E-state index contributed by atoms with van der Waals surface area (Å²) in [6.07, 6.45) is 3.24. The van der Waals surface area contributed by atoms with Gasteiger partial charge < -0.3 is 4.57 Å². The number of anilines is 1. The van der Waals surface area contributed by atoms with Crippen molar-refractivity contribution in [2.45, 2.75) is 6.54 Å². The topological polar surface area (TPSA) is 71.4 Å². The van der Waals surface area contributed by atoms with Crippen molar-refractivity contribution in [3.63, 3.8) is 0 Å². The summed E-state index contributed by atoms with van der Waals surface area (Å²) in [6.45, 7) is 0.500. The fraction of sp³-hybridized carbons (Fsp3) is 0.0455. The quantitative estimate of drug-likeness (QED) is 0.509. The molecule has 0 unspecified atom stereocenters. The molecule has 0 atom stereocenters. The minimum atomic E-state index is -0.884. The average molecular weight is 424 g/mol. The highest BCUT2D eigenvalue weighted by Crippen LogP contribution is 2.22. The smallest absolute Gasteiger partial charge is 0.335 e. The predicted octanol–water partition coefficient (Wildman–Crippen LogP) is 4.00. The highest BCUT2D eigenvalue weighted by Gasteiger charge is 2.36. The van der Waals surface area contributed by atoms with Crippen molar-refractivity contribution in [2.75, 3.05) is 4.90 Å². The van der Waals surface area contributed by atoms with Gasteiger partial charge in [0.2, 0.25) is 0 Å². The van der Waals surface area contributed by atoms with Crippen LogP contribution in [0.3, 0.4) is 0 Å². The molecule has 0 radical (unpaired) electrons. The molecule has 0 aliphatic carbocycles. The van der Waals surface area contributed by atoms with E-state index < -0.39 is 23.7 Å². The second-order valence-corrected chi connectivity index (χ2v) is 7.06. The number of barbiturate groups is 1. The summed E-state index contributed by atoms with van der Waals surface area (Å²) in [5.41, 5.74) is 1.55. The highest BCUT2D eigenvalue weighted by molar-refractivity contribution is 6.39. The molecule has 8 heteroatoms. The van der Waals surface area contributed by atoms with Crippen LogP contribution in [0.15, 0.2) is 72.4 Å². The van der Waals surface area contributed by atoms with Gasteiger partial charge in [0.1, 0.15) is 11.4 Å². The van der Waals surface area contributed by atoms with Crippen LogP contribution in [0.1, 0.15) is 11.3 Å². The molecule has 2 aromatic carbocycles. The summed E-state index contributed by atoms with van der Waals surface area (Å²) in [5, 5.41) is 2.78. The van der Waals surface area contributed by atoms with E-state index in [1.54, 1.807) is 24.3 Å². The first-order chi connectivity index (χ1) is 14.4. The third-order valence-electron chi connectivity index (χ3n) is 4.61. The standard InChI is InChI=1S/C22H15ClFN3O3/c23-15-5-3-14(4-6-15)13-26-11-1-2-18(26)12-19-20(28)25-22(30)27(21(19)29)17-9-7-16(24)8-10-17/h1-12H,13H2,(H,25,28,30)/b19-12+. The lowest BCUT2D eigenvalue weighted by atomic mass is 10.1. The number of urea groups is 1. The number of amides is 4. The van der Waals surface area contributed by atoms with E-state index in [9.17, 15) is 18.8 Å².